The summed E-state index contributed by atoms with van der Waals surface area (Å²) < 4.78 is 16.0. The highest BCUT2D eigenvalue weighted by atomic mass is 32.1. The Hall–Kier alpha value is -2.53. The van der Waals surface area contributed by atoms with Crippen LogP contribution in [0.1, 0.15) is 46.2 Å². The summed E-state index contributed by atoms with van der Waals surface area (Å²) in [6.45, 7) is 5.45. The first-order chi connectivity index (χ1) is 16.0. The Morgan fingerprint density at radius 2 is 2.09 bits per heavy atom. The lowest BCUT2D eigenvalue weighted by Gasteiger charge is -2.14. The third-order valence-electron chi connectivity index (χ3n) is 5.29. The molecule has 33 heavy (non-hydrogen) atoms. The van der Waals surface area contributed by atoms with E-state index in [0.717, 1.165) is 36.6 Å². The van der Waals surface area contributed by atoms with Gasteiger partial charge in [-0.3, -0.25) is 9.59 Å². The molecule has 1 aromatic carbocycles. The molecule has 2 heterocycles. The van der Waals surface area contributed by atoms with E-state index in [1.54, 1.807) is 31.7 Å². The van der Waals surface area contributed by atoms with E-state index in [9.17, 15) is 9.59 Å². The highest BCUT2D eigenvalue weighted by Crippen LogP contribution is 2.26. The lowest BCUT2D eigenvalue weighted by atomic mass is 10.1. The Morgan fingerprint density at radius 3 is 2.82 bits per heavy atom. The number of hydrogen-bond acceptors (Lipinski definition) is 8. The lowest BCUT2D eigenvalue weighted by Crippen LogP contribution is -2.26. The summed E-state index contributed by atoms with van der Waals surface area (Å²) in [5.41, 5.74) is 1.98. The Morgan fingerprint density at radius 1 is 1.24 bits per heavy atom. The number of methoxy groups -OCH3 is 2. The highest BCUT2D eigenvalue weighted by Gasteiger charge is 2.25. The monoisotopic (exact) mass is 476 g/mol. The molecule has 0 aliphatic carbocycles. The van der Waals surface area contributed by atoms with Crippen LogP contribution in [-0.4, -0.2) is 70.0 Å². The van der Waals surface area contributed by atoms with Gasteiger partial charge in [0.05, 0.1) is 37.2 Å². The molecule has 180 valence electrons. The van der Waals surface area contributed by atoms with E-state index < -0.39 is 0 Å². The Bertz CT molecular complexity index is 935. The normalized spacial score (nSPS) is 15.6. The fraction of sp³-hybridized carbons (Fsp3) is 0.522. The molecule has 2 amide bonds. The fourth-order valence-electron chi connectivity index (χ4n) is 3.44. The predicted molar refractivity (Wildman–Crippen MR) is 128 cm³/mol. The minimum absolute atomic E-state index is 0.187. The van der Waals surface area contributed by atoms with Gasteiger partial charge in [-0.05, 0) is 30.5 Å². The number of thiazole rings is 1. The molecule has 9 nitrogen and oxygen atoms in total. The third kappa shape index (κ3) is 6.97. The third-order valence-corrected chi connectivity index (χ3v) is 6.19. The first-order valence-corrected chi connectivity index (χ1v) is 12.0. The largest absolute Gasteiger partial charge is 0.382 e. The van der Waals surface area contributed by atoms with E-state index in [1.807, 2.05) is 13.0 Å². The number of nitrogens with zero attached hydrogens (tertiary/aromatic N) is 2. The number of benzene rings is 1. The molecule has 0 unspecified atom stereocenters. The molecule has 0 saturated carbocycles. The number of aromatic nitrogens is 1. The summed E-state index contributed by atoms with van der Waals surface area (Å²) in [4.78, 5) is 32.3. The van der Waals surface area contributed by atoms with Crippen molar-refractivity contribution in [3.05, 3.63) is 40.4 Å². The summed E-state index contributed by atoms with van der Waals surface area (Å²) in [5, 5.41) is 8.26. The number of nitrogens with one attached hydrogen (secondary N) is 2. The van der Waals surface area contributed by atoms with Crippen molar-refractivity contribution in [3.63, 3.8) is 0 Å². The van der Waals surface area contributed by atoms with Crippen molar-refractivity contribution in [1.29, 1.82) is 0 Å². The molecule has 2 aromatic rings. The summed E-state index contributed by atoms with van der Waals surface area (Å²) in [7, 11) is 3.32. The maximum atomic E-state index is 12.9. The van der Waals surface area contributed by atoms with Gasteiger partial charge in [-0.2, -0.15) is 0 Å². The van der Waals surface area contributed by atoms with Gasteiger partial charge in [0.15, 0.2) is 5.13 Å². The number of ether oxygens (including phenoxy) is 3. The van der Waals surface area contributed by atoms with E-state index in [4.69, 9.17) is 14.2 Å². The molecule has 1 fully saturated rings. The highest BCUT2D eigenvalue weighted by molar-refractivity contribution is 7.14. The number of rotatable bonds is 12. The lowest BCUT2D eigenvalue weighted by molar-refractivity contribution is 0.0616. The SMILES string of the molecule is CCCNC(=O)c1cc(COCCOC)ccc1NC(=O)c1csc(N2CC[C@H](OC)C2)n1. The van der Waals surface area contributed by atoms with Crippen LogP contribution < -0.4 is 15.5 Å². The average Bonchev–Trinajstić information content (AvgIpc) is 3.50. The standard InChI is InChI=1S/C23H32N4O5S/c1-4-8-24-21(28)18-12-16(14-32-11-10-30-2)5-6-19(18)25-22(29)20-15-33-23(26-20)27-9-7-17(13-27)31-3/h5-6,12,15,17H,4,7-11,13-14H2,1-3H3,(H,24,28)(H,25,29)/t17-/m0/s1. The molecule has 0 spiro atoms. The molecule has 3 rings (SSSR count). The van der Waals surface area contributed by atoms with E-state index in [0.29, 0.717) is 43.3 Å². The summed E-state index contributed by atoms with van der Waals surface area (Å²) in [6.07, 6.45) is 1.94. The molecular formula is C23H32N4O5S. The second kappa shape index (κ2) is 12.6. The number of hydrogen-bond donors (Lipinski definition) is 2. The van der Waals surface area contributed by atoms with Crippen LogP contribution in [0, 0.1) is 0 Å². The van der Waals surface area contributed by atoms with Crippen LogP contribution in [-0.2, 0) is 20.8 Å². The minimum atomic E-state index is -0.353. The van der Waals surface area contributed by atoms with Crippen molar-refractivity contribution in [1.82, 2.24) is 10.3 Å². The van der Waals surface area contributed by atoms with Crippen molar-refractivity contribution in [3.8, 4) is 0 Å². The minimum Gasteiger partial charge on any atom is -0.382 e. The smallest absolute Gasteiger partial charge is 0.275 e. The van der Waals surface area contributed by atoms with Gasteiger partial charge in [0.1, 0.15) is 5.69 Å². The van der Waals surface area contributed by atoms with E-state index in [2.05, 4.69) is 20.5 Å². The number of carbonyl (C=O) groups excluding carboxylic acids is 2. The maximum Gasteiger partial charge on any atom is 0.275 e. The zero-order chi connectivity index (χ0) is 23.6. The van der Waals surface area contributed by atoms with Crippen LogP contribution in [0.3, 0.4) is 0 Å². The number of amides is 2. The Kier molecular flexibility index (Phi) is 9.61. The number of carbonyl (C=O) groups is 2. The van der Waals surface area contributed by atoms with Crippen LogP contribution in [0.5, 0.6) is 0 Å². The zero-order valence-corrected chi connectivity index (χ0v) is 20.2. The molecule has 0 bridgehead atoms. The van der Waals surface area contributed by atoms with Crippen molar-refractivity contribution >= 4 is 34.0 Å². The quantitative estimate of drug-likeness (QED) is 0.454. The molecule has 2 N–H and O–H groups in total. The summed E-state index contributed by atoms with van der Waals surface area (Å²) >= 11 is 1.43. The van der Waals surface area contributed by atoms with Crippen molar-refractivity contribution in [2.45, 2.75) is 32.5 Å². The maximum absolute atomic E-state index is 12.9. The van der Waals surface area contributed by atoms with E-state index in [1.165, 1.54) is 11.3 Å². The first-order valence-electron chi connectivity index (χ1n) is 11.1. The fourth-order valence-corrected chi connectivity index (χ4v) is 4.28. The second-order valence-electron chi connectivity index (χ2n) is 7.74. The second-order valence-corrected chi connectivity index (χ2v) is 8.58. The zero-order valence-electron chi connectivity index (χ0n) is 19.4. The van der Waals surface area contributed by atoms with Crippen LogP contribution >= 0.6 is 11.3 Å². The molecule has 10 heteroatoms. The molecule has 1 aromatic heterocycles. The van der Waals surface area contributed by atoms with Gasteiger partial charge in [0.2, 0.25) is 0 Å². The van der Waals surface area contributed by atoms with E-state index in [-0.39, 0.29) is 17.9 Å². The van der Waals surface area contributed by atoms with Crippen molar-refractivity contribution in [2.24, 2.45) is 0 Å². The van der Waals surface area contributed by atoms with Crippen LogP contribution in [0.15, 0.2) is 23.6 Å². The van der Waals surface area contributed by atoms with Crippen molar-refractivity contribution < 1.29 is 23.8 Å². The average molecular weight is 477 g/mol. The van der Waals surface area contributed by atoms with Gasteiger partial charge in [-0.1, -0.05) is 13.0 Å². The van der Waals surface area contributed by atoms with Gasteiger partial charge < -0.3 is 29.7 Å². The molecule has 1 atom stereocenters. The van der Waals surface area contributed by atoms with Crippen LogP contribution in [0.25, 0.3) is 0 Å². The molecular weight excluding hydrogens is 444 g/mol. The van der Waals surface area contributed by atoms with Gasteiger partial charge in [-0.15, -0.1) is 11.3 Å². The Balaban J connectivity index is 1.71. The Labute approximate surface area is 198 Å². The molecule has 1 saturated heterocycles. The number of anilines is 2. The molecule has 1 aliphatic heterocycles. The van der Waals surface area contributed by atoms with Crippen LogP contribution in [0.4, 0.5) is 10.8 Å². The summed E-state index contributed by atoms with van der Waals surface area (Å²) in [5.74, 6) is -0.596. The summed E-state index contributed by atoms with van der Waals surface area (Å²) in [6, 6.07) is 5.31. The van der Waals surface area contributed by atoms with Crippen molar-refractivity contribution in [2.75, 3.05) is 57.3 Å². The molecule has 0 radical (unpaired) electrons. The van der Waals surface area contributed by atoms with Crippen LogP contribution in [0.2, 0.25) is 0 Å². The first kappa shape index (κ1) is 25.1. The molecule has 1 aliphatic rings. The van der Waals surface area contributed by atoms with E-state index >= 15 is 0 Å². The van der Waals surface area contributed by atoms with Gasteiger partial charge >= 0.3 is 0 Å². The predicted octanol–water partition coefficient (Wildman–Crippen LogP) is 2.92. The van der Waals surface area contributed by atoms with Gasteiger partial charge in [0.25, 0.3) is 11.8 Å². The van der Waals surface area contributed by atoms with Gasteiger partial charge in [0, 0.05) is 39.2 Å². The van der Waals surface area contributed by atoms with Gasteiger partial charge in [-0.25, -0.2) is 4.98 Å². The topological polar surface area (TPSA) is 102 Å².